The fourth-order valence-corrected chi connectivity index (χ4v) is 3.36. The van der Waals surface area contributed by atoms with Crippen LogP contribution in [0.25, 0.3) is 0 Å². The van der Waals surface area contributed by atoms with Crippen molar-refractivity contribution in [3.05, 3.63) is 60.2 Å². The van der Waals surface area contributed by atoms with Crippen LogP contribution < -0.4 is 14.7 Å². The third-order valence-corrected chi connectivity index (χ3v) is 4.63. The first kappa shape index (κ1) is 18.0. The fraction of sp³-hybridized carbons (Fsp3) is 0.333. The van der Waals surface area contributed by atoms with Crippen molar-refractivity contribution < 1.29 is 19.4 Å². The van der Waals surface area contributed by atoms with Crippen LogP contribution in [0.2, 0.25) is 0 Å². The van der Waals surface area contributed by atoms with E-state index in [1.165, 1.54) is 0 Å². The number of rotatable bonds is 7. The van der Waals surface area contributed by atoms with Gasteiger partial charge in [0.05, 0.1) is 12.1 Å². The maximum absolute atomic E-state index is 12.5. The van der Waals surface area contributed by atoms with Gasteiger partial charge in [-0.3, -0.25) is 4.79 Å². The lowest BCUT2D eigenvalue weighted by Crippen LogP contribution is -2.26. The van der Waals surface area contributed by atoms with Gasteiger partial charge in [0.25, 0.3) is 0 Å². The molecule has 0 saturated carbocycles. The van der Waals surface area contributed by atoms with Gasteiger partial charge in [-0.05, 0) is 42.9 Å². The van der Waals surface area contributed by atoms with E-state index >= 15 is 0 Å². The van der Waals surface area contributed by atoms with Gasteiger partial charge in [0, 0.05) is 19.1 Å². The summed E-state index contributed by atoms with van der Waals surface area (Å²) in [5.74, 6) is -1.55. The molecule has 0 bridgehead atoms. The topological polar surface area (TPSA) is 69.7 Å². The van der Waals surface area contributed by atoms with Gasteiger partial charge in [0.1, 0.15) is 0 Å². The van der Waals surface area contributed by atoms with Crippen LogP contribution in [0.15, 0.2) is 54.6 Å². The summed E-state index contributed by atoms with van der Waals surface area (Å²) in [6, 6.07) is 16.6. The first-order valence-corrected chi connectivity index (χ1v) is 8.93. The van der Waals surface area contributed by atoms with Crippen molar-refractivity contribution in [3.8, 4) is 5.75 Å². The number of anilines is 1. The van der Waals surface area contributed by atoms with Crippen LogP contribution in [0, 0.1) is 0 Å². The molecule has 2 aromatic carbocycles. The fourth-order valence-electron chi connectivity index (χ4n) is 3.36. The van der Waals surface area contributed by atoms with Gasteiger partial charge in [0.15, 0.2) is 5.75 Å². The Hall–Kier alpha value is -2.82. The zero-order valence-electron chi connectivity index (χ0n) is 14.6. The number of ether oxygens (including phenoxy) is 1. The molecule has 1 fully saturated rings. The first-order valence-electron chi connectivity index (χ1n) is 8.93. The molecule has 1 atom stereocenters. The highest BCUT2D eigenvalue weighted by Crippen LogP contribution is 2.32. The Bertz CT molecular complexity index is 754. The second kappa shape index (κ2) is 8.52. The van der Waals surface area contributed by atoms with Crippen molar-refractivity contribution in [1.29, 1.82) is 0 Å². The maximum Gasteiger partial charge on any atom is 0.311 e. The molecular weight excluding hydrogens is 330 g/mol. The summed E-state index contributed by atoms with van der Waals surface area (Å²) in [5.41, 5.74) is 1.70. The van der Waals surface area contributed by atoms with Crippen molar-refractivity contribution >= 4 is 17.6 Å². The number of aliphatic carboxylic acids is 1. The summed E-state index contributed by atoms with van der Waals surface area (Å²) in [6.07, 6.45) is 2.03. The van der Waals surface area contributed by atoms with Crippen molar-refractivity contribution in [2.45, 2.75) is 31.6 Å². The largest absolute Gasteiger partial charge is 0.550 e. The highest BCUT2D eigenvalue weighted by atomic mass is 16.5. The van der Waals surface area contributed by atoms with Crippen molar-refractivity contribution in [2.75, 3.05) is 18.0 Å². The van der Waals surface area contributed by atoms with Gasteiger partial charge in [-0.25, -0.2) is 0 Å². The molecule has 0 aliphatic carbocycles. The lowest BCUT2D eigenvalue weighted by atomic mass is 9.92. The van der Waals surface area contributed by atoms with Crippen molar-refractivity contribution in [2.24, 2.45) is 0 Å². The number of benzene rings is 2. The Labute approximate surface area is 153 Å². The Balaban J connectivity index is 1.72. The average Bonchev–Trinajstić information content (AvgIpc) is 3.16. The van der Waals surface area contributed by atoms with Crippen LogP contribution in [0.1, 0.15) is 37.2 Å². The number of para-hydroxylation sites is 2. The number of nitrogens with zero attached hydrogens (tertiary/aromatic N) is 1. The summed E-state index contributed by atoms with van der Waals surface area (Å²) >= 11 is 0. The van der Waals surface area contributed by atoms with E-state index in [0.29, 0.717) is 5.75 Å². The van der Waals surface area contributed by atoms with E-state index < -0.39 is 17.9 Å². The molecule has 26 heavy (non-hydrogen) atoms. The van der Waals surface area contributed by atoms with Gasteiger partial charge >= 0.3 is 5.97 Å². The molecule has 5 nitrogen and oxygen atoms in total. The third-order valence-electron chi connectivity index (χ3n) is 4.63. The Kier molecular flexibility index (Phi) is 5.89. The summed E-state index contributed by atoms with van der Waals surface area (Å²) in [7, 11) is 0. The number of esters is 1. The molecule has 1 heterocycles. The minimum atomic E-state index is -1.18. The molecule has 136 valence electrons. The van der Waals surface area contributed by atoms with Gasteiger partial charge in [-0.1, -0.05) is 42.5 Å². The average molecular weight is 352 g/mol. The summed E-state index contributed by atoms with van der Waals surface area (Å²) in [6.45, 7) is 1.90. The van der Waals surface area contributed by atoms with Gasteiger partial charge in [0.2, 0.25) is 0 Å². The molecule has 0 radical (unpaired) electrons. The van der Waals surface area contributed by atoms with E-state index in [-0.39, 0.29) is 12.8 Å². The normalized spacial score (nSPS) is 14.8. The predicted octanol–water partition coefficient (Wildman–Crippen LogP) is 2.51. The van der Waals surface area contributed by atoms with Crippen LogP contribution in [-0.4, -0.2) is 25.0 Å². The molecule has 1 aliphatic rings. The highest BCUT2D eigenvalue weighted by molar-refractivity contribution is 5.77. The Morgan fingerprint density at radius 3 is 2.31 bits per heavy atom. The van der Waals surface area contributed by atoms with Gasteiger partial charge < -0.3 is 19.5 Å². The second-order valence-corrected chi connectivity index (χ2v) is 6.52. The van der Waals surface area contributed by atoms with Gasteiger partial charge in [-0.15, -0.1) is 0 Å². The lowest BCUT2D eigenvalue weighted by Gasteiger charge is -2.21. The molecule has 0 unspecified atom stereocenters. The number of carboxylic acids is 1. The standard InChI is InChI=1S/C21H23NO4/c23-20(24)14-17(16-8-2-1-3-9-16)15-21(25)26-19-11-5-4-10-18(19)22-12-6-7-13-22/h1-5,8-11,17H,6-7,12-15H2,(H,23,24)/p-1/t17-/m0/s1. The molecule has 0 N–H and O–H groups in total. The van der Waals surface area contributed by atoms with Crippen molar-refractivity contribution in [3.63, 3.8) is 0 Å². The maximum atomic E-state index is 12.5. The number of carbonyl (C=O) groups excluding carboxylic acids is 2. The molecule has 3 rings (SSSR count). The van der Waals surface area contributed by atoms with Crippen LogP contribution >= 0.6 is 0 Å². The Morgan fingerprint density at radius 2 is 1.62 bits per heavy atom. The molecule has 1 aliphatic heterocycles. The monoisotopic (exact) mass is 352 g/mol. The highest BCUT2D eigenvalue weighted by Gasteiger charge is 2.21. The van der Waals surface area contributed by atoms with E-state index in [1.54, 1.807) is 6.07 Å². The van der Waals surface area contributed by atoms with Gasteiger partial charge in [-0.2, -0.15) is 0 Å². The minimum Gasteiger partial charge on any atom is -0.550 e. The zero-order valence-corrected chi connectivity index (χ0v) is 14.6. The molecule has 0 aromatic heterocycles. The SMILES string of the molecule is O=C([O-])C[C@@H](CC(=O)Oc1ccccc1N1CCCC1)c1ccccc1. The van der Waals surface area contributed by atoms with E-state index in [2.05, 4.69) is 4.90 Å². The quantitative estimate of drug-likeness (QED) is 0.566. The summed E-state index contributed by atoms with van der Waals surface area (Å²) in [5, 5.41) is 11.1. The van der Waals surface area contributed by atoms with E-state index in [4.69, 9.17) is 4.74 Å². The van der Waals surface area contributed by atoms with E-state index in [1.807, 2.05) is 48.5 Å². The minimum absolute atomic E-state index is 0.00761. The zero-order chi connectivity index (χ0) is 18.4. The van der Waals surface area contributed by atoms with Crippen LogP contribution in [0.4, 0.5) is 5.69 Å². The predicted molar refractivity (Wildman–Crippen MR) is 96.9 cm³/mol. The molecule has 1 saturated heterocycles. The van der Waals surface area contributed by atoms with Crippen LogP contribution in [0.5, 0.6) is 5.75 Å². The molecule has 5 heteroatoms. The number of hydrogen-bond donors (Lipinski definition) is 0. The van der Waals surface area contributed by atoms with E-state index in [0.717, 1.165) is 37.2 Å². The molecule has 0 amide bonds. The molecule has 0 spiro atoms. The van der Waals surface area contributed by atoms with E-state index in [9.17, 15) is 14.7 Å². The number of carbonyl (C=O) groups is 2. The second-order valence-electron chi connectivity index (χ2n) is 6.52. The molecule has 2 aromatic rings. The number of hydrogen-bond acceptors (Lipinski definition) is 5. The third kappa shape index (κ3) is 4.63. The number of carboxylic acid groups (broad SMARTS) is 1. The smallest absolute Gasteiger partial charge is 0.311 e. The molecular formula is C21H22NO4-. The van der Waals surface area contributed by atoms with Crippen LogP contribution in [-0.2, 0) is 9.59 Å². The summed E-state index contributed by atoms with van der Waals surface area (Å²) in [4.78, 5) is 25.8. The summed E-state index contributed by atoms with van der Waals surface area (Å²) < 4.78 is 5.60. The first-order chi connectivity index (χ1) is 12.6. The van der Waals surface area contributed by atoms with Crippen LogP contribution in [0.3, 0.4) is 0 Å². The Morgan fingerprint density at radius 1 is 0.962 bits per heavy atom. The van der Waals surface area contributed by atoms with Crippen molar-refractivity contribution in [1.82, 2.24) is 0 Å². The lowest BCUT2D eigenvalue weighted by molar-refractivity contribution is -0.306.